The van der Waals surface area contributed by atoms with E-state index in [0.717, 1.165) is 51.4 Å². The average molecular weight is 409 g/mol. The van der Waals surface area contributed by atoms with Gasteiger partial charge in [-0.1, -0.05) is 25.3 Å². The predicted molar refractivity (Wildman–Crippen MR) is 117 cm³/mol. The van der Waals surface area contributed by atoms with E-state index in [1.165, 1.54) is 32.1 Å². The molecule has 29 heavy (non-hydrogen) atoms. The number of ether oxygens (including phenoxy) is 3. The molecule has 2 N–H and O–H groups in total. The summed E-state index contributed by atoms with van der Waals surface area (Å²) >= 11 is 0. The van der Waals surface area contributed by atoms with Gasteiger partial charge in [-0.3, -0.25) is 0 Å². The van der Waals surface area contributed by atoms with Crippen LogP contribution in [-0.2, 0) is 11.3 Å². The molecule has 0 radical (unpaired) electrons. The van der Waals surface area contributed by atoms with Gasteiger partial charge in [-0.25, -0.2) is 0 Å². The van der Waals surface area contributed by atoms with Gasteiger partial charge in [-0.2, -0.15) is 0 Å². The van der Waals surface area contributed by atoms with E-state index in [1.807, 2.05) is 25.1 Å². The lowest BCUT2D eigenvalue weighted by Gasteiger charge is -2.26. The number of β-amino-alcohol motifs (C(OH)–C–C–N with tert-alkyl or cyclic N) is 1. The summed E-state index contributed by atoms with van der Waals surface area (Å²) < 4.78 is 16.7. The Balaban J connectivity index is 1.78. The summed E-state index contributed by atoms with van der Waals surface area (Å²) in [5.74, 6) is 1.39. The van der Waals surface area contributed by atoms with Crippen molar-refractivity contribution in [1.29, 1.82) is 0 Å². The molecule has 1 atom stereocenters. The van der Waals surface area contributed by atoms with Crippen molar-refractivity contribution in [1.82, 2.24) is 10.2 Å². The number of hydrogen-bond acceptors (Lipinski definition) is 6. The van der Waals surface area contributed by atoms with E-state index in [0.29, 0.717) is 18.0 Å². The molecule has 0 bridgehead atoms. The number of nitrogens with zero attached hydrogens (tertiary/aromatic N) is 1. The molecule has 0 saturated carbocycles. The highest BCUT2D eigenvalue weighted by molar-refractivity contribution is 5.43. The van der Waals surface area contributed by atoms with Crippen molar-refractivity contribution in [3.63, 3.8) is 0 Å². The van der Waals surface area contributed by atoms with Crippen LogP contribution in [-0.4, -0.2) is 69.2 Å². The molecule has 0 unspecified atom stereocenters. The normalized spacial score (nSPS) is 16.8. The molecule has 1 heterocycles. The Kier molecular flexibility index (Phi) is 12.1. The second kappa shape index (κ2) is 14.6. The van der Waals surface area contributed by atoms with Gasteiger partial charge in [0.2, 0.25) is 0 Å². The van der Waals surface area contributed by atoms with Gasteiger partial charge in [0, 0.05) is 26.3 Å². The van der Waals surface area contributed by atoms with Gasteiger partial charge in [0.25, 0.3) is 0 Å². The van der Waals surface area contributed by atoms with Crippen molar-refractivity contribution in [2.75, 3.05) is 53.1 Å². The average Bonchev–Trinajstić information content (AvgIpc) is 2.71. The van der Waals surface area contributed by atoms with Crippen molar-refractivity contribution < 1.29 is 19.3 Å². The fraction of sp³-hybridized carbons (Fsp3) is 0.739. The Morgan fingerprint density at radius 2 is 1.86 bits per heavy atom. The molecular formula is C23H40N2O4. The van der Waals surface area contributed by atoms with Crippen LogP contribution in [0.15, 0.2) is 18.2 Å². The number of nitrogens with one attached hydrogen (secondary N) is 1. The Bertz CT molecular complexity index is 548. The van der Waals surface area contributed by atoms with Gasteiger partial charge in [0.05, 0.1) is 7.11 Å². The first-order valence-corrected chi connectivity index (χ1v) is 11.2. The van der Waals surface area contributed by atoms with Crippen molar-refractivity contribution in [3.8, 4) is 11.5 Å². The SMILES string of the molecule is CCOCCCNCc1ccc(OC)c(OC[C@@H](O)CN2CCCCCCC2)c1. The van der Waals surface area contributed by atoms with Crippen LogP contribution in [0, 0.1) is 0 Å². The van der Waals surface area contributed by atoms with Crippen LogP contribution in [0.5, 0.6) is 11.5 Å². The van der Waals surface area contributed by atoms with E-state index in [2.05, 4.69) is 10.2 Å². The third kappa shape index (κ3) is 9.81. The number of aliphatic hydroxyl groups is 1. The molecule has 1 saturated heterocycles. The maximum absolute atomic E-state index is 10.5. The summed E-state index contributed by atoms with van der Waals surface area (Å²) in [6, 6.07) is 5.96. The zero-order valence-electron chi connectivity index (χ0n) is 18.3. The lowest BCUT2D eigenvalue weighted by Crippen LogP contribution is -2.37. The predicted octanol–water partition coefficient (Wildman–Crippen LogP) is 3.22. The third-order valence-electron chi connectivity index (χ3n) is 5.25. The molecule has 1 aliphatic rings. The zero-order valence-corrected chi connectivity index (χ0v) is 18.3. The van der Waals surface area contributed by atoms with Crippen molar-refractivity contribution >= 4 is 0 Å². The first-order valence-electron chi connectivity index (χ1n) is 11.2. The minimum atomic E-state index is -0.500. The third-order valence-corrected chi connectivity index (χ3v) is 5.25. The van der Waals surface area contributed by atoms with E-state index in [-0.39, 0.29) is 6.61 Å². The van der Waals surface area contributed by atoms with Crippen LogP contribution in [0.1, 0.15) is 51.0 Å². The largest absolute Gasteiger partial charge is 0.493 e. The molecule has 0 spiro atoms. The van der Waals surface area contributed by atoms with Gasteiger partial charge >= 0.3 is 0 Å². The number of methoxy groups -OCH3 is 1. The summed E-state index contributed by atoms with van der Waals surface area (Å²) in [5.41, 5.74) is 1.13. The molecule has 1 aromatic rings. The molecule has 0 aromatic heterocycles. The molecule has 0 aliphatic carbocycles. The first-order chi connectivity index (χ1) is 14.2. The van der Waals surface area contributed by atoms with Gasteiger partial charge in [0.1, 0.15) is 12.7 Å². The van der Waals surface area contributed by atoms with Crippen molar-refractivity contribution in [3.05, 3.63) is 23.8 Å². The Labute approximate surface area is 176 Å². The monoisotopic (exact) mass is 408 g/mol. The summed E-state index contributed by atoms with van der Waals surface area (Å²) in [5, 5.41) is 13.9. The van der Waals surface area contributed by atoms with E-state index in [4.69, 9.17) is 14.2 Å². The summed E-state index contributed by atoms with van der Waals surface area (Å²) in [6.07, 6.45) is 6.88. The van der Waals surface area contributed by atoms with E-state index in [1.54, 1.807) is 7.11 Å². The zero-order chi connectivity index (χ0) is 20.7. The Morgan fingerprint density at radius 3 is 2.59 bits per heavy atom. The van der Waals surface area contributed by atoms with Crippen molar-refractivity contribution in [2.24, 2.45) is 0 Å². The molecule has 0 amide bonds. The maximum Gasteiger partial charge on any atom is 0.161 e. The van der Waals surface area contributed by atoms with Gasteiger partial charge in [-0.15, -0.1) is 0 Å². The molecule has 1 fully saturated rings. The second-order valence-corrected chi connectivity index (χ2v) is 7.75. The molecule has 6 nitrogen and oxygen atoms in total. The fourth-order valence-electron chi connectivity index (χ4n) is 3.65. The van der Waals surface area contributed by atoms with E-state index < -0.39 is 6.10 Å². The quantitative estimate of drug-likeness (QED) is 0.489. The molecule has 1 aliphatic heterocycles. The van der Waals surface area contributed by atoms with Crippen LogP contribution < -0.4 is 14.8 Å². The smallest absolute Gasteiger partial charge is 0.161 e. The lowest BCUT2D eigenvalue weighted by molar-refractivity contribution is 0.0644. The maximum atomic E-state index is 10.5. The van der Waals surface area contributed by atoms with Gasteiger partial charge < -0.3 is 29.5 Å². The van der Waals surface area contributed by atoms with Crippen molar-refractivity contribution in [2.45, 2.75) is 58.1 Å². The molecule has 166 valence electrons. The molecule has 6 heteroatoms. The van der Waals surface area contributed by atoms with Gasteiger partial charge in [-0.05, 0) is 63.5 Å². The summed E-state index contributed by atoms with van der Waals surface area (Å²) in [7, 11) is 1.64. The van der Waals surface area contributed by atoms with E-state index in [9.17, 15) is 5.11 Å². The van der Waals surface area contributed by atoms with Crippen LogP contribution in [0.2, 0.25) is 0 Å². The number of rotatable bonds is 13. The summed E-state index contributed by atoms with van der Waals surface area (Å²) in [4.78, 5) is 2.37. The fourth-order valence-corrected chi connectivity index (χ4v) is 3.65. The Morgan fingerprint density at radius 1 is 1.10 bits per heavy atom. The lowest BCUT2D eigenvalue weighted by atomic mass is 10.1. The minimum absolute atomic E-state index is 0.276. The molecular weight excluding hydrogens is 368 g/mol. The minimum Gasteiger partial charge on any atom is -0.493 e. The Hall–Kier alpha value is -1.34. The van der Waals surface area contributed by atoms with E-state index >= 15 is 0 Å². The molecule has 2 rings (SSSR count). The van der Waals surface area contributed by atoms with Crippen LogP contribution in [0.3, 0.4) is 0 Å². The number of benzene rings is 1. The first kappa shape index (κ1) is 23.9. The number of hydrogen-bond donors (Lipinski definition) is 2. The summed E-state index contributed by atoms with van der Waals surface area (Å²) in [6.45, 7) is 8.34. The number of likely N-dealkylation sites (tertiary alicyclic amines) is 1. The second-order valence-electron chi connectivity index (χ2n) is 7.75. The topological polar surface area (TPSA) is 63.2 Å². The highest BCUT2D eigenvalue weighted by Crippen LogP contribution is 2.28. The highest BCUT2D eigenvalue weighted by atomic mass is 16.5. The van der Waals surface area contributed by atoms with Crippen LogP contribution in [0.25, 0.3) is 0 Å². The van der Waals surface area contributed by atoms with Gasteiger partial charge in [0.15, 0.2) is 11.5 Å². The van der Waals surface area contributed by atoms with Crippen LogP contribution >= 0.6 is 0 Å². The highest BCUT2D eigenvalue weighted by Gasteiger charge is 2.15. The molecule has 1 aromatic carbocycles. The standard InChI is InChI=1S/C23H40N2O4/c1-3-28-15-9-12-24-17-20-10-11-22(27-2)23(16-20)29-19-21(26)18-25-13-7-5-4-6-8-14-25/h10-11,16,21,24,26H,3-9,12-15,17-19H2,1-2H3/t21-/m0/s1. The van der Waals surface area contributed by atoms with Crippen LogP contribution in [0.4, 0.5) is 0 Å². The number of aliphatic hydroxyl groups excluding tert-OH is 1.